The van der Waals surface area contributed by atoms with Crippen molar-refractivity contribution in [2.75, 3.05) is 13.2 Å². The average Bonchev–Trinajstić information content (AvgIpc) is 3.28. The first kappa shape index (κ1) is 61.6. The summed E-state index contributed by atoms with van der Waals surface area (Å²) in [5.41, 5.74) is 0. The Morgan fingerprint density at radius 1 is 0.429 bits per heavy atom. The zero-order valence-corrected chi connectivity index (χ0v) is 42.6. The lowest BCUT2D eigenvalue weighted by Gasteiger charge is -2.22. The summed E-state index contributed by atoms with van der Waals surface area (Å²) >= 11 is 0. The topological polar surface area (TPSA) is 95.9 Å². The van der Waals surface area contributed by atoms with Crippen molar-refractivity contribution in [3.05, 3.63) is 12.2 Å². The van der Waals surface area contributed by atoms with Crippen LogP contribution in [-0.4, -0.2) is 47.4 Å². The number of hydrogen-bond acceptors (Lipinski definition) is 5. The molecule has 6 nitrogen and oxygen atoms in total. The van der Waals surface area contributed by atoms with Gasteiger partial charge in [-0.2, -0.15) is 0 Å². The van der Waals surface area contributed by atoms with Crippen LogP contribution in [0.3, 0.4) is 0 Å². The minimum absolute atomic E-state index is 0.0277. The van der Waals surface area contributed by atoms with Gasteiger partial charge in [0.2, 0.25) is 5.91 Å². The Morgan fingerprint density at radius 2 is 0.746 bits per heavy atom. The molecule has 0 aromatic carbocycles. The molecule has 2 atom stereocenters. The number of allylic oxidation sites excluding steroid dienone is 2. The number of amides is 1. The van der Waals surface area contributed by atoms with E-state index in [1.54, 1.807) is 0 Å². The summed E-state index contributed by atoms with van der Waals surface area (Å²) in [7, 11) is 0. The standard InChI is InChI=1S/C57H111NO5/c1-3-5-7-9-11-13-15-17-18-19-20-21-22-23-24-25-26-27-28-29-33-37-41-45-49-55(60)54(53-59)58-56(61)50-46-42-38-34-31-32-36-40-44-48-52-63-57(62)51-47-43-39-35-30-16-14-12-10-8-6-4-2/h12,14,54-55,59-60H,3-11,13,15-53H2,1-2H3,(H,58,61)/b14-12-. The number of ether oxygens (including phenoxy) is 1. The summed E-state index contributed by atoms with van der Waals surface area (Å²) in [6.45, 7) is 4.89. The number of unbranched alkanes of at least 4 members (excludes halogenated alkanes) is 40. The lowest BCUT2D eigenvalue weighted by molar-refractivity contribution is -0.143. The Balaban J connectivity index is 3.46. The van der Waals surface area contributed by atoms with Gasteiger partial charge in [-0.15, -0.1) is 0 Å². The first-order chi connectivity index (χ1) is 31.0. The number of esters is 1. The van der Waals surface area contributed by atoms with E-state index in [1.807, 2.05) is 0 Å². The normalized spacial score (nSPS) is 12.6. The van der Waals surface area contributed by atoms with Crippen LogP contribution in [0.15, 0.2) is 12.2 Å². The highest BCUT2D eigenvalue weighted by Crippen LogP contribution is 2.18. The molecule has 0 aromatic heterocycles. The number of aliphatic hydroxyl groups is 2. The van der Waals surface area contributed by atoms with Gasteiger partial charge >= 0.3 is 5.97 Å². The molecule has 0 spiro atoms. The monoisotopic (exact) mass is 890 g/mol. The van der Waals surface area contributed by atoms with Crippen LogP contribution in [0.5, 0.6) is 0 Å². The van der Waals surface area contributed by atoms with Crippen molar-refractivity contribution >= 4 is 11.9 Å². The highest BCUT2D eigenvalue weighted by Gasteiger charge is 2.20. The SMILES string of the molecule is CCCCC/C=C\CCCCCCCC(=O)OCCCCCCCCCCCCC(=O)NC(CO)C(O)CCCCCCCCCCCCCCCCCCCCCCCCCC. The third-order valence-electron chi connectivity index (χ3n) is 13.3. The van der Waals surface area contributed by atoms with Gasteiger partial charge in [0, 0.05) is 12.8 Å². The second kappa shape index (κ2) is 53.2. The number of aliphatic hydroxyl groups excluding tert-OH is 2. The molecule has 0 heterocycles. The Morgan fingerprint density at radius 3 is 1.16 bits per heavy atom. The molecular weight excluding hydrogens is 779 g/mol. The number of carbonyl (C=O) groups is 2. The summed E-state index contributed by atoms with van der Waals surface area (Å²) in [6, 6.07) is -0.559. The smallest absolute Gasteiger partial charge is 0.305 e. The van der Waals surface area contributed by atoms with Crippen LogP contribution in [-0.2, 0) is 14.3 Å². The van der Waals surface area contributed by atoms with Crippen LogP contribution in [0.4, 0.5) is 0 Å². The summed E-state index contributed by atoms with van der Waals surface area (Å²) < 4.78 is 5.44. The van der Waals surface area contributed by atoms with Crippen LogP contribution in [0.25, 0.3) is 0 Å². The van der Waals surface area contributed by atoms with Crippen molar-refractivity contribution in [1.29, 1.82) is 0 Å². The second-order valence-electron chi connectivity index (χ2n) is 19.6. The molecule has 63 heavy (non-hydrogen) atoms. The van der Waals surface area contributed by atoms with Crippen LogP contribution < -0.4 is 5.32 Å². The van der Waals surface area contributed by atoms with Crippen LogP contribution in [0, 0.1) is 0 Å². The molecule has 0 aliphatic heterocycles. The zero-order chi connectivity index (χ0) is 45.8. The van der Waals surface area contributed by atoms with E-state index >= 15 is 0 Å². The molecule has 0 aliphatic rings. The van der Waals surface area contributed by atoms with Crippen molar-refractivity contribution in [2.45, 2.75) is 328 Å². The fourth-order valence-corrected chi connectivity index (χ4v) is 8.93. The van der Waals surface area contributed by atoms with Gasteiger partial charge in [-0.05, 0) is 51.4 Å². The highest BCUT2D eigenvalue weighted by molar-refractivity contribution is 5.76. The molecule has 0 radical (unpaired) electrons. The Hall–Kier alpha value is -1.40. The number of rotatable bonds is 53. The van der Waals surface area contributed by atoms with E-state index in [0.29, 0.717) is 25.9 Å². The maximum absolute atomic E-state index is 12.5. The van der Waals surface area contributed by atoms with Gasteiger partial charge in [0.15, 0.2) is 0 Å². The van der Waals surface area contributed by atoms with E-state index < -0.39 is 12.1 Å². The van der Waals surface area contributed by atoms with Crippen molar-refractivity contribution in [3.63, 3.8) is 0 Å². The van der Waals surface area contributed by atoms with Gasteiger partial charge in [-0.25, -0.2) is 0 Å². The molecule has 0 rings (SSSR count). The predicted molar refractivity (Wildman–Crippen MR) is 273 cm³/mol. The fourth-order valence-electron chi connectivity index (χ4n) is 8.93. The average molecular weight is 891 g/mol. The van der Waals surface area contributed by atoms with E-state index in [0.717, 1.165) is 57.8 Å². The van der Waals surface area contributed by atoms with Crippen LogP contribution in [0.2, 0.25) is 0 Å². The largest absolute Gasteiger partial charge is 0.466 e. The summed E-state index contributed by atoms with van der Waals surface area (Å²) in [5, 5.41) is 23.3. The van der Waals surface area contributed by atoms with Gasteiger partial charge < -0.3 is 20.3 Å². The number of hydrogen-bond donors (Lipinski definition) is 3. The second-order valence-corrected chi connectivity index (χ2v) is 19.6. The third-order valence-corrected chi connectivity index (χ3v) is 13.3. The van der Waals surface area contributed by atoms with Gasteiger partial charge in [0.1, 0.15) is 0 Å². The summed E-state index contributed by atoms with van der Waals surface area (Å²) in [6.07, 6.45) is 62.0. The Kier molecular flexibility index (Phi) is 52.0. The van der Waals surface area contributed by atoms with E-state index in [-0.39, 0.29) is 18.5 Å². The van der Waals surface area contributed by atoms with Gasteiger partial charge in [-0.3, -0.25) is 9.59 Å². The highest BCUT2D eigenvalue weighted by atomic mass is 16.5. The molecular formula is C57H111NO5. The molecule has 0 aromatic rings. The summed E-state index contributed by atoms with van der Waals surface area (Å²) in [4.78, 5) is 24.5. The number of carbonyl (C=O) groups excluding carboxylic acids is 2. The molecule has 0 bridgehead atoms. The molecule has 374 valence electrons. The number of nitrogens with one attached hydrogen (secondary N) is 1. The van der Waals surface area contributed by atoms with Gasteiger partial charge in [0.05, 0.1) is 25.4 Å². The molecule has 0 saturated carbocycles. The Labute approximate surface area is 393 Å². The van der Waals surface area contributed by atoms with Crippen LogP contribution >= 0.6 is 0 Å². The molecule has 2 unspecified atom stereocenters. The third kappa shape index (κ3) is 49.9. The van der Waals surface area contributed by atoms with E-state index in [2.05, 4.69) is 31.3 Å². The molecule has 0 aliphatic carbocycles. The maximum atomic E-state index is 12.5. The van der Waals surface area contributed by atoms with E-state index in [1.165, 1.54) is 225 Å². The minimum Gasteiger partial charge on any atom is -0.466 e. The maximum Gasteiger partial charge on any atom is 0.305 e. The molecule has 1 amide bonds. The molecule has 0 saturated heterocycles. The van der Waals surface area contributed by atoms with Crippen molar-refractivity contribution in [1.82, 2.24) is 5.32 Å². The van der Waals surface area contributed by atoms with Crippen molar-refractivity contribution in [3.8, 4) is 0 Å². The molecule has 3 N–H and O–H groups in total. The first-order valence-electron chi connectivity index (χ1n) is 28.4. The van der Waals surface area contributed by atoms with Crippen molar-refractivity contribution in [2.24, 2.45) is 0 Å². The zero-order valence-electron chi connectivity index (χ0n) is 42.6. The predicted octanol–water partition coefficient (Wildman–Crippen LogP) is 17.3. The van der Waals surface area contributed by atoms with E-state index in [4.69, 9.17) is 4.74 Å². The molecule has 0 fully saturated rings. The van der Waals surface area contributed by atoms with E-state index in [9.17, 15) is 19.8 Å². The lowest BCUT2D eigenvalue weighted by Crippen LogP contribution is -2.45. The first-order valence-corrected chi connectivity index (χ1v) is 28.4. The fraction of sp³-hybridized carbons (Fsp3) is 0.930. The van der Waals surface area contributed by atoms with Crippen LogP contribution in [0.1, 0.15) is 316 Å². The minimum atomic E-state index is -0.680. The lowest BCUT2D eigenvalue weighted by atomic mass is 10.0. The quantitative estimate of drug-likeness (QED) is 0.0321. The molecule has 6 heteroatoms. The van der Waals surface area contributed by atoms with Gasteiger partial charge in [-0.1, -0.05) is 264 Å². The Bertz CT molecular complexity index is 939. The summed E-state index contributed by atoms with van der Waals surface area (Å²) in [5.74, 6) is -0.0826. The van der Waals surface area contributed by atoms with Crippen molar-refractivity contribution < 1.29 is 24.5 Å². The van der Waals surface area contributed by atoms with Gasteiger partial charge in [0.25, 0.3) is 0 Å².